The average molecular weight is 646 g/mol. The number of carboxylic acids is 1. The minimum Gasteiger partial charge on any atom is -0.493 e. The molecule has 0 aliphatic carbocycles. The van der Waals surface area contributed by atoms with Gasteiger partial charge in [-0.2, -0.15) is 0 Å². The molecule has 0 aromatic heterocycles. The van der Waals surface area contributed by atoms with Crippen LogP contribution in [0.5, 0.6) is 17.2 Å². The van der Waals surface area contributed by atoms with Gasteiger partial charge >= 0.3 is 5.97 Å². The largest absolute Gasteiger partial charge is 0.493 e. The van der Waals surface area contributed by atoms with E-state index in [4.69, 9.17) is 14.2 Å². The van der Waals surface area contributed by atoms with Crippen LogP contribution >= 0.6 is 0 Å². The van der Waals surface area contributed by atoms with Crippen molar-refractivity contribution in [3.8, 4) is 17.2 Å². The fourth-order valence-electron chi connectivity index (χ4n) is 7.11. The van der Waals surface area contributed by atoms with Crippen LogP contribution in [-0.4, -0.2) is 78.8 Å². The Morgan fingerprint density at radius 3 is 2.66 bits per heavy atom. The number of likely N-dealkylation sites (tertiary alicyclic amines) is 1. The van der Waals surface area contributed by atoms with Gasteiger partial charge < -0.3 is 29.1 Å². The van der Waals surface area contributed by atoms with E-state index in [9.17, 15) is 23.9 Å². The molecule has 3 aromatic carbocycles. The Morgan fingerprint density at radius 2 is 1.94 bits per heavy atom. The average Bonchev–Trinajstić information content (AvgIpc) is 3.77. The number of anilines is 1. The Balaban J connectivity index is 1.31. The summed E-state index contributed by atoms with van der Waals surface area (Å²) in [5.41, 5.74) is 3.35. The van der Waals surface area contributed by atoms with Crippen LogP contribution in [0.2, 0.25) is 0 Å². The van der Waals surface area contributed by atoms with E-state index in [-0.39, 0.29) is 37.5 Å². The predicted octanol–water partition coefficient (Wildman–Crippen LogP) is 5.22. The van der Waals surface area contributed by atoms with E-state index in [2.05, 4.69) is 0 Å². The van der Waals surface area contributed by atoms with Crippen molar-refractivity contribution < 1.29 is 38.1 Å². The Kier molecular flexibility index (Phi) is 9.35. The minimum atomic E-state index is -0.986. The smallest absolute Gasteiger partial charge is 0.308 e. The Hall–Kier alpha value is -4.64. The quantitative estimate of drug-likeness (QED) is 0.286. The third kappa shape index (κ3) is 6.36. The van der Waals surface area contributed by atoms with Crippen molar-refractivity contribution in [3.05, 3.63) is 82.7 Å². The number of hydrogen-bond donors (Lipinski definition) is 1. The highest BCUT2D eigenvalue weighted by molar-refractivity contribution is 5.98. The summed E-state index contributed by atoms with van der Waals surface area (Å²) < 4.78 is 31.0. The van der Waals surface area contributed by atoms with Gasteiger partial charge in [0.2, 0.25) is 18.4 Å². The molecule has 248 valence electrons. The van der Waals surface area contributed by atoms with Crippen LogP contribution in [0.15, 0.2) is 54.6 Å². The van der Waals surface area contributed by atoms with E-state index in [1.807, 2.05) is 36.1 Å². The zero-order valence-corrected chi connectivity index (χ0v) is 26.9. The lowest BCUT2D eigenvalue weighted by Gasteiger charge is -2.31. The minimum absolute atomic E-state index is 0.0358. The highest BCUT2D eigenvalue weighted by atomic mass is 19.1. The van der Waals surface area contributed by atoms with Crippen molar-refractivity contribution in [2.75, 3.05) is 45.0 Å². The summed E-state index contributed by atoms with van der Waals surface area (Å²) in [7, 11) is 1.52. The van der Waals surface area contributed by atoms with Crippen molar-refractivity contribution in [3.63, 3.8) is 0 Å². The number of aryl methyl sites for hydroxylation is 1. The first-order chi connectivity index (χ1) is 22.7. The molecule has 2 amide bonds. The second-order valence-electron chi connectivity index (χ2n) is 12.4. The molecule has 6 rings (SSSR count). The molecule has 1 N–H and O–H groups in total. The number of nitrogens with zero attached hydrogens (tertiary/aromatic N) is 3. The lowest BCUT2D eigenvalue weighted by Crippen LogP contribution is -2.45. The Labute approximate surface area is 273 Å². The van der Waals surface area contributed by atoms with Crippen LogP contribution < -0.4 is 19.1 Å². The van der Waals surface area contributed by atoms with Gasteiger partial charge in [0.05, 0.1) is 19.6 Å². The lowest BCUT2D eigenvalue weighted by atomic mass is 9.84. The van der Waals surface area contributed by atoms with Gasteiger partial charge in [0.15, 0.2) is 11.5 Å². The summed E-state index contributed by atoms with van der Waals surface area (Å²) in [5.74, 6) is -1.61. The molecule has 0 spiro atoms. The summed E-state index contributed by atoms with van der Waals surface area (Å²) in [5, 5.41) is 10.7. The van der Waals surface area contributed by atoms with Gasteiger partial charge in [-0.05, 0) is 72.9 Å². The van der Waals surface area contributed by atoms with Crippen molar-refractivity contribution in [1.82, 2.24) is 9.80 Å². The number of carboxylic acid groups (broad SMARTS) is 1. The standard InChI is InChI=1S/C36H40FN3O7/c1-4-5-13-40(25-10-11-28(37)22(2)15-25)32(41)20-39-19-27(24-16-30(45-3)34-31(17-24)46-21-47-34)33(36(43)44)29(39)12-14-38-18-23-8-6-7-9-26(23)35(38)42/h6-11,15-17,27,29,33H,4-5,12-14,18-21H2,1-3H3,(H,43,44)/t27-,29+,33-/m1/s1. The molecule has 0 bridgehead atoms. The number of rotatable bonds is 12. The summed E-state index contributed by atoms with van der Waals surface area (Å²) in [6.45, 7) is 5.22. The zero-order valence-electron chi connectivity index (χ0n) is 26.9. The number of benzene rings is 3. The molecular weight excluding hydrogens is 605 g/mol. The molecule has 0 saturated carbocycles. The van der Waals surface area contributed by atoms with E-state index in [0.29, 0.717) is 65.7 Å². The molecule has 1 saturated heterocycles. The van der Waals surface area contributed by atoms with E-state index in [0.717, 1.165) is 18.4 Å². The molecule has 0 unspecified atom stereocenters. The summed E-state index contributed by atoms with van der Waals surface area (Å²) in [6.07, 6.45) is 1.96. The molecule has 0 radical (unpaired) electrons. The maximum atomic E-state index is 14.2. The number of halogens is 1. The first-order valence-corrected chi connectivity index (χ1v) is 16.1. The predicted molar refractivity (Wildman–Crippen MR) is 173 cm³/mol. The van der Waals surface area contributed by atoms with Gasteiger partial charge in [0.25, 0.3) is 5.91 Å². The SMILES string of the molecule is CCCCN(C(=O)CN1C[C@H](c2cc(OC)c3c(c2)OCO3)[C@@H](C(=O)O)[C@@H]1CCN1Cc2ccccc2C1=O)c1ccc(F)c(C)c1. The molecule has 47 heavy (non-hydrogen) atoms. The number of carbonyl (C=O) groups is 3. The van der Waals surface area contributed by atoms with Gasteiger partial charge in [0.1, 0.15) is 5.82 Å². The van der Waals surface area contributed by atoms with Crippen LogP contribution in [0, 0.1) is 18.7 Å². The number of hydrogen-bond acceptors (Lipinski definition) is 7. The summed E-state index contributed by atoms with van der Waals surface area (Å²) in [6, 6.07) is 15.1. The topological polar surface area (TPSA) is 109 Å². The number of unbranched alkanes of at least 4 members (excludes halogenated alkanes) is 1. The van der Waals surface area contributed by atoms with Crippen LogP contribution in [0.3, 0.4) is 0 Å². The van der Waals surface area contributed by atoms with Crippen LogP contribution in [0.4, 0.5) is 10.1 Å². The van der Waals surface area contributed by atoms with Gasteiger partial charge in [0, 0.05) is 49.4 Å². The van der Waals surface area contributed by atoms with Gasteiger partial charge in [-0.1, -0.05) is 31.5 Å². The number of fused-ring (bicyclic) bond motifs is 2. The molecule has 1 fully saturated rings. The molecule has 3 aromatic rings. The maximum Gasteiger partial charge on any atom is 0.308 e. The number of carbonyl (C=O) groups excluding carboxylic acids is 2. The van der Waals surface area contributed by atoms with Crippen LogP contribution in [0.25, 0.3) is 0 Å². The monoisotopic (exact) mass is 645 g/mol. The summed E-state index contributed by atoms with van der Waals surface area (Å²) in [4.78, 5) is 45.8. The Bertz CT molecular complexity index is 1680. The maximum absolute atomic E-state index is 14.2. The van der Waals surface area contributed by atoms with Crippen molar-refractivity contribution in [2.24, 2.45) is 5.92 Å². The van der Waals surface area contributed by atoms with E-state index in [1.165, 1.54) is 13.2 Å². The van der Waals surface area contributed by atoms with Crippen molar-refractivity contribution in [1.29, 1.82) is 0 Å². The number of methoxy groups -OCH3 is 1. The number of amides is 2. The Morgan fingerprint density at radius 1 is 1.13 bits per heavy atom. The molecule has 3 aliphatic rings. The molecule has 11 heteroatoms. The van der Waals surface area contributed by atoms with Crippen molar-refractivity contribution in [2.45, 2.75) is 51.6 Å². The first kappa shape index (κ1) is 32.3. The molecule has 10 nitrogen and oxygen atoms in total. The van der Waals surface area contributed by atoms with Crippen LogP contribution in [-0.2, 0) is 16.1 Å². The second-order valence-corrected chi connectivity index (χ2v) is 12.4. The fraction of sp³-hybridized carbons (Fsp3) is 0.417. The molecular formula is C36H40FN3O7. The summed E-state index contributed by atoms with van der Waals surface area (Å²) >= 11 is 0. The lowest BCUT2D eigenvalue weighted by molar-refractivity contribution is -0.143. The van der Waals surface area contributed by atoms with E-state index in [1.54, 1.807) is 41.0 Å². The number of ether oxygens (including phenoxy) is 3. The highest BCUT2D eigenvalue weighted by Crippen LogP contribution is 2.47. The fourth-order valence-corrected chi connectivity index (χ4v) is 7.11. The van der Waals surface area contributed by atoms with Gasteiger partial charge in [-0.25, -0.2) is 4.39 Å². The van der Waals surface area contributed by atoms with E-state index < -0.39 is 23.8 Å². The first-order valence-electron chi connectivity index (χ1n) is 16.1. The van der Waals surface area contributed by atoms with Gasteiger partial charge in [-0.3, -0.25) is 19.3 Å². The molecule has 3 heterocycles. The molecule has 3 aliphatic heterocycles. The van der Waals surface area contributed by atoms with Gasteiger partial charge in [-0.15, -0.1) is 0 Å². The van der Waals surface area contributed by atoms with Crippen LogP contribution in [0.1, 0.15) is 59.2 Å². The van der Waals surface area contributed by atoms with E-state index >= 15 is 0 Å². The second kappa shape index (κ2) is 13.6. The normalized spacial score (nSPS) is 20.0. The third-order valence-corrected chi connectivity index (χ3v) is 9.56. The van der Waals surface area contributed by atoms with Crippen molar-refractivity contribution >= 4 is 23.5 Å². The highest BCUT2D eigenvalue weighted by Gasteiger charge is 2.48. The third-order valence-electron chi connectivity index (χ3n) is 9.56. The molecule has 3 atom stereocenters. The number of aliphatic carboxylic acids is 1. The zero-order chi connectivity index (χ0) is 33.2.